The zero-order chi connectivity index (χ0) is 15.0. The summed E-state index contributed by atoms with van der Waals surface area (Å²) < 4.78 is 27.2. The van der Waals surface area contributed by atoms with Gasteiger partial charge in [-0.2, -0.15) is 5.26 Å². The van der Waals surface area contributed by atoms with E-state index in [4.69, 9.17) is 11.0 Å². The molecule has 0 radical (unpaired) electrons. The highest BCUT2D eigenvalue weighted by Gasteiger charge is 2.23. The predicted octanol–water partition coefficient (Wildman–Crippen LogP) is 1.89. The molecule has 1 aliphatic rings. The van der Waals surface area contributed by atoms with Crippen LogP contribution in [0.1, 0.15) is 22.6 Å². The molecule has 21 heavy (non-hydrogen) atoms. The SMILES string of the molecule is N#Cc1cc(N)ccc1S(=O)(=O)Nc1nc2c(s1)CCC2. The molecule has 0 fully saturated rings. The second-order valence-corrected chi connectivity index (χ2v) is 7.45. The van der Waals surface area contributed by atoms with Gasteiger partial charge < -0.3 is 5.73 Å². The van der Waals surface area contributed by atoms with Crippen LogP contribution < -0.4 is 10.5 Å². The van der Waals surface area contributed by atoms with Crippen LogP contribution in [-0.4, -0.2) is 13.4 Å². The fraction of sp³-hybridized carbons (Fsp3) is 0.231. The number of nitriles is 1. The number of rotatable bonds is 3. The van der Waals surface area contributed by atoms with E-state index in [1.54, 1.807) is 0 Å². The number of anilines is 2. The maximum Gasteiger partial charge on any atom is 0.264 e. The summed E-state index contributed by atoms with van der Waals surface area (Å²) in [6, 6.07) is 5.98. The largest absolute Gasteiger partial charge is 0.399 e. The quantitative estimate of drug-likeness (QED) is 0.839. The topological polar surface area (TPSA) is 109 Å². The summed E-state index contributed by atoms with van der Waals surface area (Å²) in [5.74, 6) is 0. The van der Waals surface area contributed by atoms with Crippen LogP contribution in [-0.2, 0) is 22.9 Å². The van der Waals surface area contributed by atoms with E-state index in [1.165, 1.54) is 29.5 Å². The first kappa shape index (κ1) is 13.9. The predicted molar refractivity (Wildman–Crippen MR) is 80.5 cm³/mol. The van der Waals surface area contributed by atoms with E-state index in [2.05, 4.69) is 9.71 Å². The molecule has 6 nitrogen and oxygen atoms in total. The Labute approximate surface area is 126 Å². The van der Waals surface area contributed by atoms with Crippen molar-refractivity contribution in [2.24, 2.45) is 0 Å². The molecule has 0 amide bonds. The van der Waals surface area contributed by atoms with Gasteiger partial charge in [-0.3, -0.25) is 4.72 Å². The van der Waals surface area contributed by atoms with Gasteiger partial charge in [-0.1, -0.05) is 0 Å². The van der Waals surface area contributed by atoms with E-state index >= 15 is 0 Å². The van der Waals surface area contributed by atoms with Crippen molar-refractivity contribution in [2.45, 2.75) is 24.2 Å². The third-order valence-corrected chi connectivity index (χ3v) is 5.83. The molecule has 8 heteroatoms. The first-order valence-corrected chi connectivity index (χ1v) is 8.60. The smallest absolute Gasteiger partial charge is 0.264 e. The van der Waals surface area contributed by atoms with Gasteiger partial charge in [0.05, 0.1) is 11.3 Å². The maximum atomic E-state index is 12.4. The molecule has 0 bridgehead atoms. The van der Waals surface area contributed by atoms with Crippen molar-refractivity contribution in [3.8, 4) is 6.07 Å². The minimum Gasteiger partial charge on any atom is -0.399 e. The molecule has 1 aromatic carbocycles. The van der Waals surface area contributed by atoms with Crippen LogP contribution in [0, 0.1) is 11.3 Å². The number of benzene rings is 1. The minimum atomic E-state index is -3.84. The highest BCUT2D eigenvalue weighted by atomic mass is 32.2. The van der Waals surface area contributed by atoms with Crippen LogP contribution in [0.25, 0.3) is 0 Å². The van der Waals surface area contributed by atoms with Crippen molar-refractivity contribution in [2.75, 3.05) is 10.5 Å². The summed E-state index contributed by atoms with van der Waals surface area (Å²) in [4.78, 5) is 5.34. The maximum absolute atomic E-state index is 12.4. The fourth-order valence-corrected chi connectivity index (χ4v) is 4.70. The number of nitrogen functional groups attached to an aromatic ring is 1. The van der Waals surface area contributed by atoms with Crippen LogP contribution in [0.3, 0.4) is 0 Å². The molecule has 0 aliphatic heterocycles. The highest BCUT2D eigenvalue weighted by molar-refractivity contribution is 7.93. The lowest BCUT2D eigenvalue weighted by atomic mass is 10.2. The Kier molecular flexibility index (Phi) is 3.31. The molecule has 3 rings (SSSR count). The third kappa shape index (κ3) is 2.57. The number of hydrogen-bond donors (Lipinski definition) is 2. The van der Waals surface area contributed by atoms with Gasteiger partial charge in [0.15, 0.2) is 5.13 Å². The number of hydrogen-bond acceptors (Lipinski definition) is 6. The average molecular weight is 320 g/mol. The normalized spacial score (nSPS) is 13.7. The number of fused-ring (bicyclic) bond motifs is 1. The minimum absolute atomic E-state index is 0.0200. The Hall–Kier alpha value is -2.11. The Morgan fingerprint density at radius 2 is 2.19 bits per heavy atom. The van der Waals surface area contributed by atoms with Gasteiger partial charge in [-0.15, -0.1) is 11.3 Å². The Bertz CT molecular complexity index is 828. The van der Waals surface area contributed by atoms with E-state index in [0.717, 1.165) is 29.8 Å². The molecule has 0 atom stereocenters. The Morgan fingerprint density at radius 3 is 2.90 bits per heavy atom. The summed E-state index contributed by atoms with van der Waals surface area (Å²) in [6.07, 6.45) is 2.90. The van der Waals surface area contributed by atoms with Gasteiger partial charge in [0, 0.05) is 10.6 Å². The van der Waals surface area contributed by atoms with Crippen molar-refractivity contribution in [3.63, 3.8) is 0 Å². The van der Waals surface area contributed by atoms with Crippen molar-refractivity contribution >= 4 is 32.2 Å². The highest BCUT2D eigenvalue weighted by Crippen LogP contribution is 2.32. The molecule has 0 saturated carbocycles. The van der Waals surface area contributed by atoms with Crippen molar-refractivity contribution in [3.05, 3.63) is 34.3 Å². The standard InChI is InChI=1S/C13H12N4O2S2/c14-7-8-6-9(15)4-5-12(8)21(18,19)17-13-16-10-2-1-3-11(10)20-13/h4-6H,1-3,15H2,(H,16,17). The van der Waals surface area contributed by atoms with Gasteiger partial charge in [0.1, 0.15) is 11.0 Å². The lowest BCUT2D eigenvalue weighted by molar-refractivity contribution is 0.601. The zero-order valence-corrected chi connectivity index (χ0v) is 12.6. The fourth-order valence-electron chi connectivity index (χ4n) is 2.27. The first-order chi connectivity index (χ1) is 9.99. The third-order valence-electron chi connectivity index (χ3n) is 3.23. The van der Waals surface area contributed by atoms with Crippen molar-refractivity contribution < 1.29 is 8.42 Å². The summed E-state index contributed by atoms with van der Waals surface area (Å²) in [5, 5.41) is 9.40. The molecule has 0 saturated heterocycles. The van der Waals surface area contributed by atoms with E-state index in [1.807, 2.05) is 6.07 Å². The van der Waals surface area contributed by atoms with E-state index in [0.29, 0.717) is 10.8 Å². The molecular weight excluding hydrogens is 308 g/mol. The molecule has 0 spiro atoms. The van der Waals surface area contributed by atoms with Crippen molar-refractivity contribution in [1.82, 2.24) is 4.98 Å². The summed E-state index contributed by atoms with van der Waals surface area (Å²) in [7, 11) is -3.84. The lowest BCUT2D eigenvalue weighted by Crippen LogP contribution is -2.14. The number of sulfonamides is 1. The van der Waals surface area contributed by atoms with E-state index < -0.39 is 10.0 Å². The molecular formula is C13H12N4O2S2. The monoisotopic (exact) mass is 320 g/mol. The summed E-state index contributed by atoms with van der Waals surface area (Å²) >= 11 is 1.35. The molecule has 3 N–H and O–H groups in total. The van der Waals surface area contributed by atoms with Crippen LogP contribution in [0.15, 0.2) is 23.1 Å². The lowest BCUT2D eigenvalue weighted by Gasteiger charge is -2.07. The van der Waals surface area contributed by atoms with E-state index in [-0.39, 0.29) is 10.5 Å². The Balaban J connectivity index is 1.95. The van der Waals surface area contributed by atoms with Gasteiger partial charge in [0.2, 0.25) is 0 Å². The van der Waals surface area contributed by atoms with Crippen LogP contribution >= 0.6 is 11.3 Å². The number of aromatic nitrogens is 1. The van der Waals surface area contributed by atoms with Gasteiger partial charge in [-0.05, 0) is 37.5 Å². The zero-order valence-electron chi connectivity index (χ0n) is 11.0. The molecule has 1 heterocycles. The molecule has 0 unspecified atom stereocenters. The number of nitrogens with two attached hydrogens (primary N) is 1. The molecule has 2 aromatic rings. The summed E-state index contributed by atoms with van der Waals surface area (Å²) in [5.41, 5.74) is 6.91. The molecule has 108 valence electrons. The second-order valence-electron chi connectivity index (χ2n) is 4.72. The number of nitrogens with zero attached hydrogens (tertiary/aromatic N) is 2. The summed E-state index contributed by atoms with van der Waals surface area (Å²) in [6.45, 7) is 0. The van der Waals surface area contributed by atoms with Crippen LogP contribution in [0.4, 0.5) is 10.8 Å². The number of thiazole rings is 1. The second kappa shape index (κ2) is 5.02. The average Bonchev–Trinajstić information content (AvgIpc) is 2.98. The number of nitrogens with one attached hydrogen (secondary N) is 1. The van der Waals surface area contributed by atoms with Crippen LogP contribution in [0.2, 0.25) is 0 Å². The van der Waals surface area contributed by atoms with Gasteiger partial charge in [0.25, 0.3) is 10.0 Å². The van der Waals surface area contributed by atoms with Crippen LogP contribution in [0.5, 0.6) is 0 Å². The molecule has 1 aliphatic carbocycles. The Morgan fingerprint density at radius 1 is 1.38 bits per heavy atom. The van der Waals surface area contributed by atoms with Crippen molar-refractivity contribution in [1.29, 1.82) is 5.26 Å². The number of aryl methyl sites for hydroxylation is 2. The first-order valence-electron chi connectivity index (χ1n) is 6.30. The molecule has 1 aromatic heterocycles. The van der Waals surface area contributed by atoms with Gasteiger partial charge in [-0.25, -0.2) is 13.4 Å². The van der Waals surface area contributed by atoms with E-state index in [9.17, 15) is 8.42 Å². The van der Waals surface area contributed by atoms with Gasteiger partial charge >= 0.3 is 0 Å².